The van der Waals surface area contributed by atoms with Crippen molar-refractivity contribution >= 4 is 17.6 Å². The molecule has 0 saturated carbocycles. The zero-order valence-corrected chi connectivity index (χ0v) is 11.6. The van der Waals surface area contributed by atoms with E-state index < -0.39 is 5.97 Å². The van der Waals surface area contributed by atoms with E-state index in [1.54, 1.807) is 18.2 Å². The van der Waals surface area contributed by atoms with E-state index in [1.807, 2.05) is 0 Å². The number of amides is 1. The number of rotatable bonds is 5. The lowest BCUT2D eigenvalue weighted by atomic mass is 10.1. The average Bonchev–Trinajstić information content (AvgIpc) is 2.48. The number of aryl methyl sites for hydroxylation is 1. The van der Waals surface area contributed by atoms with E-state index in [-0.39, 0.29) is 35.1 Å². The predicted molar refractivity (Wildman–Crippen MR) is 80.1 cm³/mol. The van der Waals surface area contributed by atoms with Crippen LogP contribution in [0, 0.1) is 0 Å². The highest BCUT2D eigenvalue weighted by Crippen LogP contribution is 2.22. The fourth-order valence-electron chi connectivity index (χ4n) is 2.00. The molecular formula is C16H15NO5. The third-order valence-corrected chi connectivity index (χ3v) is 3.12. The highest BCUT2D eigenvalue weighted by atomic mass is 16.4. The summed E-state index contributed by atoms with van der Waals surface area (Å²) >= 11 is 0. The maximum absolute atomic E-state index is 11.9. The summed E-state index contributed by atoms with van der Waals surface area (Å²) in [5.41, 5.74) is 0.574. The van der Waals surface area contributed by atoms with E-state index in [0.717, 1.165) is 6.07 Å². The number of para-hydroxylation sites is 1. The standard InChI is InChI=1S/C16H15NO5/c18-11-6-7-13(12(9-11)16(21)22)17-15(20)8-5-10-3-1-2-4-14(10)19/h1-4,6-7,9,18-19H,5,8H2,(H,17,20)(H,21,22). The van der Waals surface area contributed by atoms with Crippen LogP contribution in [0.5, 0.6) is 11.5 Å². The molecule has 0 unspecified atom stereocenters. The fourth-order valence-corrected chi connectivity index (χ4v) is 2.00. The molecule has 0 spiro atoms. The molecule has 2 aromatic rings. The first kappa shape index (κ1) is 15.4. The van der Waals surface area contributed by atoms with Crippen LogP contribution in [0.4, 0.5) is 5.69 Å². The molecule has 22 heavy (non-hydrogen) atoms. The number of carbonyl (C=O) groups is 2. The molecule has 2 rings (SSSR count). The van der Waals surface area contributed by atoms with Gasteiger partial charge in [-0.3, -0.25) is 4.79 Å². The van der Waals surface area contributed by atoms with Gasteiger partial charge in [-0.15, -0.1) is 0 Å². The second-order valence-electron chi connectivity index (χ2n) is 4.71. The molecule has 0 aromatic heterocycles. The minimum absolute atomic E-state index is 0.0948. The molecule has 4 N–H and O–H groups in total. The van der Waals surface area contributed by atoms with Gasteiger partial charge in [0.1, 0.15) is 11.5 Å². The first-order chi connectivity index (χ1) is 10.5. The highest BCUT2D eigenvalue weighted by Gasteiger charge is 2.13. The van der Waals surface area contributed by atoms with Crippen molar-refractivity contribution in [3.8, 4) is 11.5 Å². The summed E-state index contributed by atoms with van der Waals surface area (Å²) in [6, 6.07) is 10.4. The second kappa shape index (κ2) is 6.62. The van der Waals surface area contributed by atoms with Crippen molar-refractivity contribution < 1.29 is 24.9 Å². The van der Waals surface area contributed by atoms with E-state index in [1.165, 1.54) is 18.2 Å². The Morgan fingerprint density at radius 3 is 2.45 bits per heavy atom. The number of hydrogen-bond acceptors (Lipinski definition) is 4. The number of hydrogen-bond donors (Lipinski definition) is 4. The number of carboxylic acids is 1. The third-order valence-electron chi connectivity index (χ3n) is 3.12. The van der Waals surface area contributed by atoms with E-state index in [9.17, 15) is 19.8 Å². The van der Waals surface area contributed by atoms with Crippen LogP contribution in [0.2, 0.25) is 0 Å². The van der Waals surface area contributed by atoms with Crippen molar-refractivity contribution in [2.75, 3.05) is 5.32 Å². The van der Waals surface area contributed by atoms with Crippen molar-refractivity contribution in [3.63, 3.8) is 0 Å². The Labute approximate surface area is 126 Å². The lowest BCUT2D eigenvalue weighted by Crippen LogP contribution is -2.15. The van der Waals surface area contributed by atoms with E-state index in [0.29, 0.717) is 12.0 Å². The van der Waals surface area contributed by atoms with Gasteiger partial charge in [-0.2, -0.15) is 0 Å². The molecule has 0 aliphatic carbocycles. The minimum Gasteiger partial charge on any atom is -0.508 e. The summed E-state index contributed by atoms with van der Waals surface area (Å²) in [4.78, 5) is 23.0. The summed E-state index contributed by atoms with van der Waals surface area (Å²) in [5, 5.41) is 30.5. The van der Waals surface area contributed by atoms with Crippen LogP contribution in [0.15, 0.2) is 42.5 Å². The Morgan fingerprint density at radius 1 is 1.05 bits per heavy atom. The summed E-state index contributed by atoms with van der Waals surface area (Å²) in [7, 11) is 0. The Morgan fingerprint density at radius 2 is 1.77 bits per heavy atom. The smallest absolute Gasteiger partial charge is 0.337 e. The number of nitrogens with one attached hydrogen (secondary N) is 1. The first-order valence-electron chi connectivity index (χ1n) is 6.60. The van der Waals surface area contributed by atoms with Gasteiger partial charge in [-0.1, -0.05) is 18.2 Å². The molecule has 6 nitrogen and oxygen atoms in total. The number of phenols is 2. The molecule has 1 amide bonds. The molecule has 114 valence electrons. The van der Waals surface area contributed by atoms with E-state index in [2.05, 4.69) is 5.32 Å². The van der Waals surface area contributed by atoms with Gasteiger partial charge in [0.25, 0.3) is 0 Å². The van der Waals surface area contributed by atoms with Crippen molar-refractivity contribution in [2.24, 2.45) is 0 Å². The Bertz CT molecular complexity index is 711. The summed E-state index contributed by atoms with van der Waals surface area (Å²) in [6.45, 7) is 0. The first-order valence-corrected chi connectivity index (χ1v) is 6.60. The molecule has 0 heterocycles. The second-order valence-corrected chi connectivity index (χ2v) is 4.71. The Kier molecular flexibility index (Phi) is 4.63. The number of carboxylic acid groups (broad SMARTS) is 1. The van der Waals surface area contributed by atoms with Gasteiger partial charge in [0.2, 0.25) is 5.91 Å². The molecule has 0 saturated heterocycles. The highest BCUT2D eigenvalue weighted by molar-refractivity contribution is 6.00. The van der Waals surface area contributed by atoms with Gasteiger partial charge in [-0.25, -0.2) is 4.79 Å². The molecule has 0 bridgehead atoms. The van der Waals surface area contributed by atoms with Crippen LogP contribution < -0.4 is 5.32 Å². The predicted octanol–water partition coefficient (Wildman–Crippen LogP) is 2.37. The number of anilines is 1. The van der Waals surface area contributed by atoms with Crippen molar-refractivity contribution in [3.05, 3.63) is 53.6 Å². The number of benzene rings is 2. The van der Waals surface area contributed by atoms with Gasteiger partial charge in [0.15, 0.2) is 0 Å². The zero-order valence-electron chi connectivity index (χ0n) is 11.6. The molecule has 0 radical (unpaired) electrons. The summed E-state index contributed by atoms with van der Waals surface area (Å²) in [5.74, 6) is -1.70. The molecule has 0 aliphatic heterocycles. The van der Waals surface area contributed by atoms with Crippen LogP contribution in [0.25, 0.3) is 0 Å². The number of aromatic carboxylic acids is 1. The quantitative estimate of drug-likeness (QED) is 0.634. The molecule has 2 aromatic carbocycles. The number of phenolic OH excluding ortho intramolecular Hbond substituents is 2. The van der Waals surface area contributed by atoms with Crippen molar-refractivity contribution in [1.82, 2.24) is 0 Å². The number of aromatic hydroxyl groups is 2. The van der Waals surface area contributed by atoms with Gasteiger partial charge >= 0.3 is 5.97 Å². The van der Waals surface area contributed by atoms with Gasteiger partial charge in [0, 0.05) is 6.42 Å². The van der Waals surface area contributed by atoms with Crippen molar-refractivity contribution in [1.29, 1.82) is 0 Å². The van der Waals surface area contributed by atoms with Crippen LogP contribution in [-0.4, -0.2) is 27.2 Å². The van der Waals surface area contributed by atoms with Crippen LogP contribution in [-0.2, 0) is 11.2 Å². The van der Waals surface area contributed by atoms with E-state index in [4.69, 9.17) is 5.11 Å². The minimum atomic E-state index is -1.24. The van der Waals surface area contributed by atoms with Crippen LogP contribution >= 0.6 is 0 Å². The summed E-state index contributed by atoms with van der Waals surface area (Å²) < 4.78 is 0. The topological polar surface area (TPSA) is 107 Å². The normalized spacial score (nSPS) is 10.2. The van der Waals surface area contributed by atoms with Crippen molar-refractivity contribution in [2.45, 2.75) is 12.8 Å². The molecule has 0 aliphatic rings. The zero-order chi connectivity index (χ0) is 16.1. The third kappa shape index (κ3) is 3.76. The Balaban J connectivity index is 2.04. The van der Waals surface area contributed by atoms with E-state index >= 15 is 0 Å². The SMILES string of the molecule is O=C(CCc1ccccc1O)Nc1ccc(O)cc1C(=O)O. The molecule has 6 heteroatoms. The summed E-state index contributed by atoms with van der Waals surface area (Å²) in [6.07, 6.45) is 0.427. The molecular weight excluding hydrogens is 286 g/mol. The van der Waals surface area contributed by atoms with Gasteiger partial charge in [-0.05, 0) is 36.2 Å². The molecule has 0 fully saturated rings. The number of carbonyl (C=O) groups excluding carboxylic acids is 1. The average molecular weight is 301 g/mol. The van der Waals surface area contributed by atoms with Crippen LogP contribution in [0.1, 0.15) is 22.3 Å². The fraction of sp³-hybridized carbons (Fsp3) is 0.125. The maximum Gasteiger partial charge on any atom is 0.337 e. The maximum atomic E-state index is 11.9. The lowest BCUT2D eigenvalue weighted by molar-refractivity contribution is -0.116. The van der Waals surface area contributed by atoms with Gasteiger partial charge < -0.3 is 20.6 Å². The molecule has 0 atom stereocenters. The Hall–Kier alpha value is -3.02. The van der Waals surface area contributed by atoms with Crippen LogP contribution in [0.3, 0.4) is 0 Å². The monoisotopic (exact) mass is 301 g/mol. The lowest BCUT2D eigenvalue weighted by Gasteiger charge is -2.09. The largest absolute Gasteiger partial charge is 0.508 e. The van der Waals surface area contributed by atoms with Gasteiger partial charge in [0.05, 0.1) is 11.3 Å².